The van der Waals surface area contributed by atoms with Crippen LogP contribution in [0.3, 0.4) is 0 Å². The molecule has 0 radical (unpaired) electrons. The predicted molar refractivity (Wildman–Crippen MR) is 294 cm³/mol. The summed E-state index contributed by atoms with van der Waals surface area (Å²) < 4.78 is 20.7. The van der Waals surface area contributed by atoms with E-state index < -0.39 is 53.1 Å². The van der Waals surface area contributed by atoms with E-state index >= 15 is 0 Å². The van der Waals surface area contributed by atoms with Gasteiger partial charge in [-0.25, -0.2) is 49.8 Å². The number of carbonyl (C=O) groups excluding carboxylic acids is 5. The lowest BCUT2D eigenvalue weighted by atomic mass is 10.2. The van der Waals surface area contributed by atoms with E-state index in [9.17, 15) is 33.9 Å². The molecule has 4 aromatic heterocycles. The van der Waals surface area contributed by atoms with Crippen molar-refractivity contribution in [2.24, 2.45) is 0 Å². The first-order chi connectivity index (χ1) is 38.3. The van der Waals surface area contributed by atoms with Crippen LogP contribution in [0.5, 0.6) is 5.75 Å². The van der Waals surface area contributed by atoms with Crippen LogP contribution in [0, 0.1) is 0 Å². The number of aromatic nitrogens is 7. The molecule has 7 aromatic rings. The van der Waals surface area contributed by atoms with Crippen LogP contribution in [-0.2, 0) is 58.0 Å². The molecule has 79 heavy (non-hydrogen) atoms. The smallest absolute Gasteiger partial charge is 0.347 e. The molecule has 26 heteroatoms. The number of esters is 4. The molecular weight excluding hydrogens is 1080 g/mol. The van der Waals surface area contributed by atoms with Crippen LogP contribution in [0.15, 0.2) is 130 Å². The standard InChI is InChI=1S/C20H23N3O6S.C18H17N3O5S.C15H17N3O3S/c1-4-27-17(25)11-16(24)23(29-13-14-9-7-6-8-10-14)18-15(19(26)28-5-2)12-21-20(22-18)30-3;1-3-25-17(24)13-14(22)12-9-19-18(27-2)20-15(12)21(16(13)23)26-10-11-7-5-4-6-8-11;1-3-20-14(19)12-9-16-15(22-2)17-13(12)18-21-10-11-7-5-4-6-8-11/h6-10,12H,4-5,11,13H2,1-3H3;4-9,22H,3,10H2,1-2H3;4-9H,3,10H2,1-2H3,(H,16,17,18). The third-order valence-corrected chi connectivity index (χ3v) is 11.7. The van der Waals surface area contributed by atoms with Crippen LogP contribution in [-0.4, -0.2) is 115 Å². The Labute approximate surface area is 467 Å². The van der Waals surface area contributed by atoms with Crippen molar-refractivity contribution in [1.82, 2.24) is 34.6 Å². The number of hydroxylamine groups is 1. The zero-order valence-electron chi connectivity index (χ0n) is 44.1. The van der Waals surface area contributed by atoms with E-state index in [0.29, 0.717) is 27.9 Å². The lowest BCUT2D eigenvalue weighted by molar-refractivity contribution is -0.147. The molecule has 416 valence electrons. The van der Waals surface area contributed by atoms with E-state index in [-0.39, 0.29) is 67.6 Å². The quantitative estimate of drug-likeness (QED) is 0.0155. The number of amides is 1. The van der Waals surface area contributed by atoms with E-state index in [0.717, 1.165) is 26.5 Å². The predicted octanol–water partition coefficient (Wildman–Crippen LogP) is 7.74. The summed E-state index contributed by atoms with van der Waals surface area (Å²) in [6.07, 6.45) is 8.85. The molecule has 0 bridgehead atoms. The number of nitrogens with one attached hydrogen (secondary N) is 1. The number of aromatic hydroxyl groups is 1. The van der Waals surface area contributed by atoms with Crippen molar-refractivity contribution < 1.29 is 62.5 Å². The summed E-state index contributed by atoms with van der Waals surface area (Å²) in [4.78, 5) is 116. The van der Waals surface area contributed by atoms with Crippen molar-refractivity contribution in [3.05, 3.63) is 153 Å². The molecule has 0 aliphatic carbocycles. The fourth-order valence-electron chi connectivity index (χ4n) is 6.43. The molecule has 7 rings (SSSR count). The highest BCUT2D eigenvalue weighted by atomic mass is 32.2. The van der Waals surface area contributed by atoms with Crippen LogP contribution in [0.25, 0.3) is 11.0 Å². The molecule has 4 heterocycles. The van der Waals surface area contributed by atoms with E-state index in [2.05, 4.69) is 35.4 Å². The van der Waals surface area contributed by atoms with Gasteiger partial charge in [-0.3, -0.25) is 24.1 Å². The van der Waals surface area contributed by atoms with Crippen LogP contribution in [0.2, 0.25) is 0 Å². The molecule has 0 aliphatic rings. The molecule has 0 saturated carbocycles. The number of thioether (sulfide) groups is 3. The summed E-state index contributed by atoms with van der Waals surface area (Å²) in [5.74, 6) is -3.91. The van der Waals surface area contributed by atoms with Crippen molar-refractivity contribution >= 4 is 87.7 Å². The Morgan fingerprint density at radius 2 is 1.08 bits per heavy atom. The molecule has 23 nitrogen and oxygen atoms in total. The number of anilines is 2. The van der Waals surface area contributed by atoms with Gasteiger partial charge in [0.15, 0.2) is 38.3 Å². The fraction of sp³-hybridized carbons (Fsp3) is 0.283. The van der Waals surface area contributed by atoms with Crippen molar-refractivity contribution in [1.29, 1.82) is 0 Å². The molecule has 0 saturated heterocycles. The Kier molecular flexibility index (Phi) is 25.4. The Balaban J connectivity index is 0.000000220. The fourth-order valence-corrected chi connectivity index (χ4v) is 7.44. The van der Waals surface area contributed by atoms with Crippen LogP contribution >= 0.6 is 35.3 Å². The van der Waals surface area contributed by atoms with Gasteiger partial charge in [-0.1, -0.05) is 126 Å². The average molecular weight is 1140 g/mol. The molecule has 2 N–H and O–H groups in total. The minimum Gasteiger partial charge on any atom is -0.506 e. The first-order valence-corrected chi connectivity index (χ1v) is 27.7. The van der Waals surface area contributed by atoms with E-state index in [1.807, 2.05) is 97.3 Å². The molecule has 1 amide bonds. The molecule has 0 aliphatic heterocycles. The second kappa shape index (κ2) is 32.5. The van der Waals surface area contributed by atoms with E-state index in [1.54, 1.807) is 40.2 Å². The average Bonchev–Trinajstić information content (AvgIpc) is 3.60. The lowest BCUT2D eigenvalue weighted by Gasteiger charge is -2.22. The summed E-state index contributed by atoms with van der Waals surface area (Å²) in [5.41, 5.74) is 4.21. The Morgan fingerprint density at radius 1 is 0.595 bits per heavy atom. The van der Waals surface area contributed by atoms with Gasteiger partial charge in [-0.15, -0.1) is 4.73 Å². The second-order valence-electron chi connectivity index (χ2n) is 15.4. The number of carbonyl (C=O) groups is 5. The SMILES string of the molecule is CCOC(=O)CC(=O)N(OCc1ccccc1)c1nc(SC)ncc1C(=O)OCC.CCOC(=O)c1c(O)c2cnc(SC)nc2n(OCc2ccccc2)c1=O.CCOC(=O)c1cnc(SC)nc1NOCc1ccccc1. The molecule has 3 aromatic carbocycles. The van der Waals surface area contributed by atoms with Crippen LogP contribution in [0.4, 0.5) is 11.6 Å². The van der Waals surface area contributed by atoms with Gasteiger partial charge in [0.2, 0.25) is 0 Å². The van der Waals surface area contributed by atoms with Crippen LogP contribution in [0.1, 0.15) is 81.9 Å². The van der Waals surface area contributed by atoms with E-state index in [4.69, 9.17) is 33.5 Å². The number of rotatable bonds is 23. The van der Waals surface area contributed by atoms with Gasteiger partial charge in [-0.2, -0.15) is 5.06 Å². The zero-order valence-corrected chi connectivity index (χ0v) is 46.6. The number of hydrogen-bond donors (Lipinski definition) is 2. The Hall–Kier alpha value is -8.17. The normalized spacial score (nSPS) is 10.5. The Bertz CT molecular complexity index is 3200. The van der Waals surface area contributed by atoms with Crippen LogP contribution < -0.4 is 20.9 Å². The molecule has 0 spiro atoms. The Morgan fingerprint density at radius 3 is 1.63 bits per heavy atom. The van der Waals surface area contributed by atoms with Gasteiger partial charge in [0.05, 0.1) is 38.4 Å². The lowest BCUT2D eigenvalue weighted by Crippen LogP contribution is -2.35. The number of benzene rings is 3. The monoisotopic (exact) mass is 1140 g/mol. The highest BCUT2D eigenvalue weighted by Gasteiger charge is 2.29. The molecule has 0 atom stereocenters. The van der Waals surface area contributed by atoms with Gasteiger partial charge < -0.3 is 28.9 Å². The summed E-state index contributed by atoms with van der Waals surface area (Å²) in [7, 11) is 0. The van der Waals surface area contributed by atoms with Gasteiger partial charge in [0.1, 0.15) is 36.5 Å². The summed E-state index contributed by atoms with van der Waals surface area (Å²) in [6, 6.07) is 28.0. The highest BCUT2D eigenvalue weighted by Crippen LogP contribution is 2.27. The van der Waals surface area contributed by atoms with Crippen molar-refractivity contribution in [2.45, 2.75) is 69.4 Å². The maximum absolute atomic E-state index is 12.9. The van der Waals surface area contributed by atoms with Crippen molar-refractivity contribution in [2.75, 3.05) is 55.7 Å². The third kappa shape index (κ3) is 18.2. The number of ether oxygens (including phenoxy) is 4. The number of nitrogens with zero attached hydrogens (tertiary/aromatic N) is 8. The number of fused-ring (bicyclic) bond motifs is 1. The topological polar surface area (TPSA) is 285 Å². The summed E-state index contributed by atoms with van der Waals surface area (Å²) >= 11 is 3.87. The second-order valence-corrected chi connectivity index (χ2v) is 17.7. The van der Waals surface area contributed by atoms with Crippen molar-refractivity contribution in [3.63, 3.8) is 0 Å². The minimum atomic E-state index is -0.937. The highest BCUT2D eigenvalue weighted by molar-refractivity contribution is 7.98. The van der Waals surface area contributed by atoms with Crippen molar-refractivity contribution in [3.8, 4) is 5.75 Å². The number of hydrogen-bond acceptors (Lipinski definition) is 24. The van der Waals surface area contributed by atoms with E-state index in [1.165, 1.54) is 53.9 Å². The molecular formula is C53H57N9O14S3. The number of pyridine rings is 1. The summed E-state index contributed by atoms with van der Waals surface area (Å²) in [6.45, 7) is 7.68. The molecule has 0 unspecified atom stereocenters. The summed E-state index contributed by atoms with van der Waals surface area (Å²) in [5, 5.41) is 12.6. The maximum Gasteiger partial charge on any atom is 0.347 e. The first kappa shape index (κ1) is 61.7. The molecule has 0 fully saturated rings. The first-order valence-electron chi connectivity index (χ1n) is 24.1. The van der Waals surface area contributed by atoms with Gasteiger partial charge in [-0.05, 0) is 63.2 Å². The minimum absolute atomic E-state index is 0.0102. The van der Waals surface area contributed by atoms with Gasteiger partial charge >= 0.3 is 29.4 Å². The third-order valence-electron chi connectivity index (χ3n) is 10.0. The largest absolute Gasteiger partial charge is 0.506 e. The maximum atomic E-state index is 12.9. The van der Waals surface area contributed by atoms with Gasteiger partial charge in [0, 0.05) is 18.6 Å². The zero-order chi connectivity index (χ0) is 57.1. The van der Waals surface area contributed by atoms with Gasteiger partial charge in [0.25, 0.3) is 5.91 Å².